The van der Waals surface area contributed by atoms with Crippen molar-refractivity contribution in [3.8, 4) is 5.69 Å². The van der Waals surface area contributed by atoms with Gasteiger partial charge in [0.2, 0.25) is 0 Å². The van der Waals surface area contributed by atoms with Crippen LogP contribution in [0.2, 0.25) is 0 Å². The van der Waals surface area contributed by atoms with Gasteiger partial charge < -0.3 is 5.32 Å². The number of aryl methyl sites for hydroxylation is 1. The van der Waals surface area contributed by atoms with Crippen LogP contribution in [0.1, 0.15) is 16.8 Å². The molecule has 0 aliphatic carbocycles. The second kappa shape index (κ2) is 3.76. The molecule has 1 N–H and O–H groups in total. The zero-order valence-corrected chi connectivity index (χ0v) is 9.40. The van der Waals surface area contributed by atoms with Crippen molar-refractivity contribution in [1.29, 1.82) is 0 Å². The normalized spacial score (nSPS) is 14.8. The first-order valence-corrected chi connectivity index (χ1v) is 5.69. The predicted molar refractivity (Wildman–Crippen MR) is 63.7 cm³/mol. The van der Waals surface area contributed by atoms with Crippen LogP contribution in [-0.2, 0) is 13.0 Å². The van der Waals surface area contributed by atoms with E-state index in [1.165, 1.54) is 22.5 Å². The Morgan fingerprint density at radius 1 is 1.31 bits per heavy atom. The second-order valence-corrected chi connectivity index (χ2v) is 4.24. The Kier molecular flexibility index (Phi) is 2.26. The van der Waals surface area contributed by atoms with E-state index in [-0.39, 0.29) is 0 Å². The minimum Gasteiger partial charge on any atom is -0.312 e. The summed E-state index contributed by atoms with van der Waals surface area (Å²) in [5.41, 5.74) is 5.15. The van der Waals surface area contributed by atoms with Crippen molar-refractivity contribution >= 4 is 0 Å². The van der Waals surface area contributed by atoms with Gasteiger partial charge in [-0.05, 0) is 18.6 Å². The lowest BCUT2D eigenvalue weighted by atomic mass is 10.1. The Bertz CT molecular complexity index is 514. The van der Waals surface area contributed by atoms with Crippen molar-refractivity contribution in [2.75, 3.05) is 6.54 Å². The van der Waals surface area contributed by atoms with Gasteiger partial charge in [-0.3, -0.25) is 0 Å². The monoisotopic (exact) mass is 213 g/mol. The van der Waals surface area contributed by atoms with E-state index in [0.29, 0.717) is 0 Å². The number of nitrogens with one attached hydrogen (secondary N) is 1. The summed E-state index contributed by atoms with van der Waals surface area (Å²) in [6, 6.07) is 8.39. The highest BCUT2D eigenvalue weighted by atomic mass is 15.3. The molecule has 3 rings (SSSR count). The highest BCUT2D eigenvalue weighted by Crippen LogP contribution is 2.20. The third-order valence-electron chi connectivity index (χ3n) is 3.15. The predicted octanol–water partition coefficient (Wildman–Crippen LogP) is 1.83. The molecule has 0 saturated carbocycles. The second-order valence-electron chi connectivity index (χ2n) is 4.24. The van der Waals surface area contributed by atoms with Gasteiger partial charge in [-0.15, -0.1) is 0 Å². The van der Waals surface area contributed by atoms with Crippen LogP contribution in [0.15, 0.2) is 30.5 Å². The lowest BCUT2D eigenvalue weighted by molar-refractivity contribution is 0.622. The van der Waals surface area contributed by atoms with E-state index < -0.39 is 0 Å². The van der Waals surface area contributed by atoms with Crippen LogP contribution in [0, 0.1) is 6.92 Å². The highest BCUT2D eigenvalue weighted by molar-refractivity contribution is 5.42. The van der Waals surface area contributed by atoms with Crippen LogP contribution >= 0.6 is 0 Å². The third kappa shape index (κ3) is 1.44. The molecule has 0 saturated heterocycles. The first kappa shape index (κ1) is 9.60. The summed E-state index contributed by atoms with van der Waals surface area (Å²) in [5.74, 6) is 0. The van der Waals surface area contributed by atoms with Crippen molar-refractivity contribution in [2.24, 2.45) is 0 Å². The maximum absolute atomic E-state index is 4.51. The van der Waals surface area contributed by atoms with Gasteiger partial charge in [0, 0.05) is 30.8 Å². The third-order valence-corrected chi connectivity index (χ3v) is 3.15. The van der Waals surface area contributed by atoms with E-state index >= 15 is 0 Å². The molecule has 2 heterocycles. The molecular formula is C13H15N3. The number of rotatable bonds is 1. The van der Waals surface area contributed by atoms with Crippen LogP contribution in [0.5, 0.6) is 0 Å². The van der Waals surface area contributed by atoms with Crippen LogP contribution in [0.25, 0.3) is 5.69 Å². The average Bonchev–Trinajstić information content (AvgIpc) is 2.74. The van der Waals surface area contributed by atoms with Crippen molar-refractivity contribution in [3.05, 3.63) is 47.3 Å². The topological polar surface area (TPSA) is 29.9 Å². The summed E-state index contributed by atoms with van der Waals surface area (Å²) in [6.07, 6.45) is 3.04. The van der Waals surface area contributed by atoms with Gasteiger partial charge >= 0.3 is 0 Å². The SMILES string of the molecule is Cc1ccccc1-n1ncc2c1CCNC2. The fourth-order valence-corrected chi connectivity index (χ4v) is 2.26. The number of hydrogen-bond acceptors (Lipinski definition) is 2. The maximum Gasteiger partial charge on any atom is 0.0678 e. The summed E-state index contributed by atoms with van der Waals surface area (Å²) in [6.45, 7) is 4.12. The number of fused-ring (bicyclic) bond motifs is 1. The minimum atomic E-state index is 0.946. The standard InChI is InChI=1S/C13H15N3/c1-10-4-2-3-5-12(10)16-13-6-7-14-8-11(13)9-15-16/h2-5,9,14H,6-8H2,1H3. The summed E-state index contributed by atoms with van der Waals surface area (Å²) in [5, 5.41) is 7.87. The molecule has 3 nitrogen and oxygen atoms in total. The molecule has 0 spiro atoms. The summed E-state index contributed by atoms with van der Waals surface area (Å²) >= 11 is 0. The fourth-order valence-electron chi connectivity index (χ4n) is 2.26. The van der Waals surface area contributed by atoms with Crippen LogP contribution in [0.3, 0.4) is 0 Å². The van der Waals surface area contributed by atoms with Crippen molar-refractivity contribution in [1.82, 2.24) is 15.1 Å². The molecule has 1 aliphatic rings. The van der Waals surface area contributed by atoms with Crippen LogP contribution in [-0.4, -0.2) is 16.3 Å². The fraction of sp³-hybridized carbons (Fsp3) is 0.308. The van der Waals surface area contributed by atoms with Crippen molar-refractivity contribution in [2.45, 2.75) is 19.9 Å². The van der Waals surface area contributed by atoms with E-state index in [2.05, 4.69) is 46.3 Å². The molecule has 0 amide bonds. The molecule has 1 aliphatic heterocycles. The van der Waals surface area contributed by atoms with Crippen LogP contribution < -0.4 is 5.32 Å². The Morgan fingerprint density at radius 2 is 2.19 bits per heavy atom. The van der Waals surface area contributed by atoms with E-state index in [1.807, 2.05) is 6.20 Å². The largest absolute Gasteiger partial charge is 0.312 e. The van der Waals surface area contributed by atoms with Gasteiger partial charge in [0.25, 0.3) is 0 Å². The van der Waals surface area contributed by atoms with Crippen LogP contribution in [0.4, 0.5) is 0 Å². The highest BCUT2D eigenvalue weighted by Gasteiger charge is 2.15. The summed E-state index contributed by atoms with van der Waals surface area (Å²) in [7, 11) is 0. The Balaban J connectivity index is 2.13. The van der Waals surface area contributed by atoms with E-state index in [0.717, 1.165) is 19.5 Å². The van der Waals surface area contributed by atoms with Gasteiger partial charge in [0.1, 0.15) is 0 Å². The minimum absolute atomic E-state index is 0.946. The van der Waals surface area contributed by atoms with Gasteiger partial charge in [0.05, 0.1) is 11.9 Å². The lowest BCUT2D eigenvalue weighted by Gasteiger charge is -2.16. The Labute approximate surface area is 95.1 Å². The van der Waals surface area contributed by atoms with Gasteiger partial charge in [-0.25, -0.2) is 4.68 Å². The van der Waals surface area contributed by atoms with E-state index in [1.54, 1.807) is 0 Å². The Hall–Kier alpha value is -1.61. The molecule has 2 aromatic rings. The summed E-state index contributed by atoms with van der Waals surface area (Å²) < 4.78 is 2.09. The molecule has 16 heavy (non-hydrogen) atoms. The van der Waals surface area contributed by atoms with E-state index in [9.17, 15) is 0 Å². The lowest BCUT2D eigenvalue weighted by Crippen LogP contribution is -2.24. The quantitative estimate of drug-likeness (QED) is 0.783. The molecule has 82 valence electrons. The molecular weight excluding hydrogens is 198 g/mol. The molecule has 0 unspecified atom stereocenters. The number of aromatic nitrogens is 2. The first-order valence-electron chi connectivity index (χ1n) is 5.69. The number of hydrogen-bond donors (Lipinski definition) is 1. The maximum atomic E-state index is 4.51. The van der Waals surface area contributed by atoms with Gasteiger partial charge in [-0.2, -0.15) is 5.10 Å². The van der Waals surface area contributed by atoms with Crippen molar-refractivity contribution in [3.63, 3.8) is 0 Å². The van der Waals surface area contributed by atoms with Crippen molar-refractivity contribution < 1.29 is 0 Å². The molecule has 1 aromatic heterocycles. The molecule has 1 aromatic carbocycles. The summed E-state index contributed by atoms with van der Waals surface area (Å²) in [4.78, 5) is 0. The van der Waals surface area contributed by atoms with E-state index in [4.69, 9.17) is 0 Å². The molecule has 0 radical (unpaired) electrons. The molecule has 0 fully saturated rings. The number of benzene rings is 1. The smallest absolute Gasteiger partial charge is 0.0678 e. The number of nitrogens with zero attached hydrogens (tertiary/aromatic N) is 2. The Morgan fingerprint density at radius 3 is 3.06 bits per heavy atom. The average molecular weight is 213 g/mol. The first-order chi connectivity index (χ1) is 7.86. The zero-order chi connectivity index (χ0) is 11.0. The molecule has 3 heteroatoms. The zero-order valence-electron chi connectivity index (χ0n) is 9.40. The van der Waals surface area contributed by atoms with Gasteiger partial charge in [0.15, 0.2) is 0 Å². The molecule has 0 atom stereocenters. The van der Waals surface area contributed by atoms with Gasteiger partial charge in [-0.1, -0.05) is 18.2 Å². The number of para-hydroxylation sites is 1. The molecule has 0 bridgehead atoms.